The van der Waals surface area contributed by atoms with Crippen molar-refractivity contribution in [3.63, 3.8) is 0 Å². The molecule has 2 heterocycles. The number of hydrogen-bond donors (Lipinski definition) is 1. The first-order valence-electron chi connectivity index (χ1n) is 5.99. The van der Waals surface area contributed by atoms with E-state index in [1.165, 1.54) is 6.42 Å². The molecule has 1 aliphatic heterocycles. The van der Waals surface area contributed by atoms with Gasteiger partial charge in [0.1, 0.15) is 11.6 Å². The molecule has 3 rings (SSSR count). The van der Waals surface area contributed by atoms with Crippen LogP contribution in [0.2, 0.25) is 0 Å². The van der Waals surface area contributed by atoms with Crippen LogP contribution in [-0.2, 0) is 6.54 Å². The summed E-state index contributed by atoms with van der Waals surface area (Å²) >= 11 is 0. The third kappa shape index (κ3) is 1.60. The Morgan fingerprint density at radius 2 is 2.12 bits per heavy atom. The molecule has 2 aromatic rings. The molecule has 0 radical (unpaired) electrons. The predicted octanol–water partition coefficient (Wildman–Crippen LogP) is 2.55. The quantitative estimate of drug-likeness (QED) is 0.817. The summed E-state index contributed by atoms with van der Waals surface area (Å²) < 4.78 is 2.13. The van der Waals surface area contributed by atoms with Gasteiger partial charge in [-0.25, -0.2) is 0 Å². The standard InChI is InChI=1S/C13H15N3O/c1-9-5-4-8-16-12(9)14-15-13(16)10-6-2-3-7-11(10)17/h2-3,6-7,9,17H,4-5,8H2,1H3. The van der Waals surface area contributed by atoms with Crippen LogP contribution in [0, 0.1) is 0 Å². The number of aromatic hydroxyl groups is 1. The third-order valence-electron chi connectivity index (χ3n) is 3.38. The highest BCUT2D eigenvalue weighted by molar-refractivity contribution is 5.63. The molecule has 1 unspecified atom stereocenters. The summed E-state index contributed by atoms with van der Waals surface area (Å²) in [6.45, 7) is 3.12. The first-order valence-corrected chi connectivity index (χ1v) is 5.99. The third-order valence-corrected chi connectivity index (χ3v) is 3.38. The Kier molecular flexibility index (Phi) is 2.35. The van der Waals surface area contributed by atoms with Gasteiger partial charge >= 0.3 is 0 Å². The number of nitrogens with zero attached hydrogens (tertiary/aromatic N) is 3. The fourth-order valence-corrected chi connectivity index (χ4v) is 2.45. The molecule has 0 amide bonds. The van der Waals surface area contributed by atoms with E-state index in [0.29, 0.717) is 5.92 Å². The Morgan fingerprint density at radius 3 is 2.94 bits per heavy atom. The van der Waals surface area contributed by atoms with Gasteiger partial charge in [-0.1, -0.05) is 19.1 Å². The molecule has 0 bridgehead atoms. The zero-order valence-electron chi connectivity index (χ0n) is 9.80. The smallest absolute Gasteiger partial charge is 0.167 e. The van der Waals surface area contributed by atoms with Gasteiger partial charge in [-0.05, 0) is 25.0 Å². The average Bonchev–Trinajstić information content (AvgIpc) is 2.75. The Morgan fingerprint density at radius 1 is 1.29 bits per heavy atom. The Bertz CT molecular complexity index is 547. The van der Waals surface area contributed by atoms with E-state index in [2.05, 4.69) is 21.7 Å². The van der Waals surface area contributed by atoms with E-state index < -0.39 is 0 Å². The molecule has 0 saturated heterocycles. The summed E-state index contributed by atoms with van der Waals surface area (Å²) in [5.74, 6) is 2.54. The van der Waals surface area contributed by atoms with Gasteiger partial charge in [0.05, 0.1) is 5.56 Å². The van der Waals surface area contributed by atoms with Gasteiger partial charge in [-0.15, -0.1) is 10.2 Å². The van der Waals surface area contributed by atoms with Crippen molar-refractivity contribution in [2.45, 2.75) is 32.2 Å². The number of aromatic nitrogens is 3. The monoisotopic (exact) mass is 229 g/mol. The maximum atomic E-state index is 9.87. The van der Waals surface area contributed by atoms with Crippen molar-refractivity contribution in [3.05, 3.63) is 30.1 Å². The van der Waals surface area contributed by atoms with Crippen LogP contribution in [0.5, 0.6) is 5.75 Å². The molecule has 4 nitrogen and oxygen atoms in total. The summed E-state index contributed by atoms with van der Waals surface area (Å²) in [7, 11) is 0. The molecule has 1 atom stereocenters. The van der Waals surface area contributed by atoms with Crippen molar-refractivity contribution in [2.24, 2.45) is 0 Å². The van der Waals surface area contributed by atoms with Gasteiger partial charge in [0.2, 0.25) is 0 Å². The fraction of sp³-hybridized carbons (Fsp3) is 0.385. The van der Waals surface area contributed by atoms with Gasteiger partial charge in [0, 0.05) is 12.5 Å². The summed E-state index contributed by atoms with van der Waals surface area (Å²) in [5.41, 5.74) is 0.764. The van der Waals surface area contributed by atoms with Crippen molar-refractivity contribution in [3.8, 4) is 17.1 Å². The Labute approximate surface area is 99.9 Å². The second-order valence-corrected chi connectivity index (χ2v) is 4.59. The molecule has 1 aliphatic rings. The zero-order chi connectivity index (χ0) is 11.8. The van der Waals surface area contributed by atoms with Gasteiger partial charge in [-0.3, -0.25) is 0 Å². The number of fused-ring (bicyclic) bond motifs is 1. The molecule has 0 aliphatic carbocycles. The van der Waals surface area contributed by atoms with Crippen LogP contribution in [0.4, 0.5) is 0 Å². The van der Waals surface area contributed by atoms with E-state index in [1.807, 2.05) is 18.2 Å². The van der Waals surface area contributed by atoms with Crippen molar-refractivity contribution >= 4 is 0 Å². The van der Waals surface area contributed by atoms with Crippen molar-refractivity contribution in [1.29, 1.82) is 0 Å². The topological polar surface area (TPSA) is 50.9 Å². The Hall–Kier alpha value is -1.84. The minimum absolute atomic E-state index is 0.265. The second kappa shape index (κ2) is 3.87. The lowest BCUT2D eigenvalue weighted by Gasteiger charge is -2.20. The van der Waals surface area contributed by atoms with E-state index in [4.69, 9.17) is 0 Å². The molecule has 1 aromatic heterocycles. The molecule has 0 fully saturated rings. The maximum absolute atomic E-state index is 9.87. The van der Waals surface area contributed by atoms with Crippen LogP contribution in [0.1, 0.15) is 31.5 Å². The van der Waals surface area contributed by atoms with E-state index >= 15 is 0 Å². The Balaban J connectivity index is 2.14. The summed E-state index contributed by atoms with van der Waals surface area (Å²) in [4.78, 5) is 0. The van der Waals surface area contributed by atoms with Crippen LogP contribution in [0.25, 0.3) is 11.4 Å². The fourth-order valence-electron chi connectivity index (χ4n) is 2.45. The molecule has 88 valence electrons. The predicted molar refractivity (Wildman–Crippen MR) is 64.8 cm³/mol. The van der Waals surface area contributed by atoms with Gasteiger partial charge in [0.25, 0.3) is 0 Å². The summed E-state index contributed by atoms with van der Waals surface area (Å²) in [6, 6.07) is 7.28. The zero-order valence-corrected chi connectivity index (χ0v) is 9.80. The number of phenols is 1. The maximum Gasteiger partial charge on any atom is 0.167 e. The number of phenolic OH excluding ortho intramolecular Hbond substituents is 1. The largest absolute Gasteiger partial charge is 0.507 e. The number of benzene rings is 1. The molecular weight excluding hydrogens is 214 g/mol. The number of rotatable bonds is 1. The van der Waals surface area contributed by atoms with Crippen LogP contribution in [0.3, 0.4) is 0 Å². The molecule has 4 heteroatoms. The van der Waals surface area contributed by atoms with Gasteiger partial charge in [0.15, 0.2) is 5.82 Å². The molecule has 17 heavy (non-hydrogen) atoms. The molecule has 1 aromatic carbocycles. The molecule has 0 spiro atoms. The van der Waals surface area contributed by atoms with E-state index in [1.54, 1.807) is 6.07 Å². The SMILES string of the molecule is CC1CCCn2c(-c3ccccc3O)nnc21. The first-order chi connectivity index (χ1) is 8.27. The van der Waals surface area contributed by atoms with Crippen molar-refractivity contribution < 1.29 is 5.11 Å². The van der Waals surface area contributed by atoms with Crippen LogP contribution < -0.4 is 0 Å². The van der Waals surface area contributed by atoms with E-state index in [9.17, 15) is 5.11 Å². The van der Waals surface area contributed by atoms with E-state index in [0.717, 1.165) is 30.2 Å². The van der Waals surface area contributed by atoms with Gasteiger partial charge < -0.3 is 9.67 Å². The molecule has 0 saturated carbocycles. The van der Waals surface area contributed by atoms with Crippen LogP contribution >= 0.6 is 0 Å². The lowest BCUT2D eigenvalue weighted by atomic mass is 10.0. The minimum atomic E-state index is 0.265. The van der Waals surface area contributed by atoms with Crippen LogP contribution in [-0.4, -0.2) is 19.9 Å². The lowest BCUT2D eigenvalue weighted by molar-refractivity contribution is 0.461. The first kappa shape index (κ1) is 10.3. The van der Waals surface area contributed by atoms with Crippen LogP contribution in [0.15, 0.2) is 24.3 Å². The highest BCUT2D eigenvalue weighted by Crippen LogP contribution is 2.32. The van der Waals surface area contributed by atoms with E-state index in [-0.39, 0.29) is 5.75 Å². The van der Waals surface area contributed by atoms with Crippen molar-refractivity contribution in [2.75, 3.05) is 0 Å². The molecule has 1 N–H and O–H groups in total. The summed E-state index contributed by atoms with van der Waals surface area (Å²) in [5, 5.41) is 18.4. The second-order valence-electron chi connectivity index (χ2n) is 4.59. The van der Waals surface area contributed by atoms with Gasteiger partial charge in [-0.2, -0.15) is 0 Å². The number of para-hydroxylation sites is 1. The number of hydrogen-bond acceptors (Lipinski definition) is 3. The summed E-state index contributed by atoms with van der Waals surface area (Å²) in [6.07, 6.45) is 2.31. The lowest BCUT2D eigenvalue weighted by Crippen LogP contribution is -2.14. The normalized spacial score (nSPS) is 19.0. The minimum Gasteiger partial charge on any atom is -0.507 e. The van der Waals surface area contributed by atoms with Crippen molar-refractivity contribution in [1.82, 2.24) is 14.8 Å². The highest BCUT2D eigenvalue weighted by atomic mass is 16.3. The average molecular weight is 229 g/mol. The molecular formula is C13H15N3O. The highest BCUT2D eigenvalue weighted by Gasteiger charge is 2.23.